The summed E-state index contributed by atoms with van der Waals surface area (Å²) in [5.41, 5.74) is 1.56. The number of carbonyl (C=O) groups excluding carboxylic acids is 2. The number of anilines is 1. The lowest BCUT2D eigenvalue weighted by Gasteiger charge is -2.23. The monoisotopic (exact) mass is 460 g/mol. The van der Waals surface area contributed by atoms with Gasteiger partial charge in [-0.2, -0.15) is 0 Å². The molecule has 0 atom stereocenters. The van der Waals surface area contributed by atoms with Crippen LogP contribution in [0, 0.1) is 0 Å². The number of ether oxygens (including phenoxy) is 1. The van der Waals surface area contributed by atoms with E-state index in [4.69, 9.17) is 4.74 Å². The number of nitrogens with one attached hydrogen (secondary N) is 1. The number of aromatic nitrogens is 2. The molecule has 3 aromatic carbocycles. The molecular formula is C25H24N4O3S. The summed E-state index contributed by atoms with van der Waals surface area (Å²) < 4.78 is 5.18. The first kappa shape index (κ1) is 22.6. The van der Waals surface area contributed by atoms with Crippen molar-refractivity contribution in [1.82, 2.24) is 15.1 Å². The molecule has 4 rings (SSSR count). The molecule has 33 heavy (non-hydrogen) atoms. The van der Waals surface area contributed by atoms with Crippen LogP contribution in [0.2, 0.25) is 0 Å². The Hall–Kier alpha value is -3.62. The molecule has 0 spiro atoms. The van der Waals surface area contributed by atoms with Crippen LogP contribution in [0.5, 0.6) is 0 Å². The summed E-state index contributed by atoms with van der Waals surface area (Å²) in [5.74, 6) is -0.349. The van der Waals surface area contributed by atoms with Crippen LogP contribution in [-0.4, -0.2) is 53.7 Å². The lowest BCUT2D eigenvalue weighted by molar-refractivity contribution is -0.116. The smallest absolute Gasteiger partial charge is 0.254 e. The molecule has 0 fully saturated rings. The Kier molecular flexibility index (Phi) is 7.39. The Labute approximate surface area is 196 Å². The second-order valence-electron chi connectivity index (χ2n) is 7.39. The highest BCUT2D eigenvalue weighted by Crippen LogP contribution is 2.26. The molecule has 0 radical (unpaired) electrons. The van der Waals surface area contributed by atoms with Crippen molar-refractivity contribution in [1.29, 1.82) is 0 Å². The lowest BCUT2D eigenvalue weighted by atomic mass is 10.0. The molecule has 0 aliphatic heterocycles. The number of fused-ring (bicyclic) bond motifs is 1. The predicted octanol–water partition coefficient (Wildman–Crippen LogP) is 4.48. The normalized spacial score (nSPS) is 10.8. The zero-order valence-electron chi connectivity index (χ0n) is 18.2. The fraction of sp³-hybridized carbons (Fsp3) is 0.200. The van der Waals surface area contributed by atoms with Gasteiger partial charge in [0.15, 0.2) is 0 Å². The van der Waals surface area contributed by atoms with E-state index in [2.05, 4.69) is 15.5 Å². The molecule has 0 bridgehead atoms. The van der Waals surface area contributed by atoms with E-state index in [0.29, 0.717) is 23.8 Å². The minimum atomic E-state index is -0.223. The van der Waals surface area contributed by atoms with Gasteiger partial charge in [0, 0.05) is 37.7 Å². The molecular weight excluding hydrogens is 436 g/mol. The fourth-order valence-corrected chi connectivity index (χ4v) is 4.25. The first-order valence-electron chi connectivity index (χ1n) is 10.6. The molecule has 4 aromatic rings. The standard InChI is InChI=1S/C25H24N4O3S/c1-32-17-16-29(24(31)21-13-7-11-18-8-5-6-12-20(18)21)15-14-22(30)26-25-28-27-23(33-25)19-9-3-2-4-10-19/h2-13H,14-17H2,1H3,(H,26,28,30). The molecule has 1 heterocycles. The zero-order chi connectivity index (χ0) is 23.0. The lowest BCUT2D eigenvalue weighted by Crippen LogP contribution is -2.36. The van der Waals surface area contributed by atoms with Gasteiger partial charge in [0.25, 0.3) is 5.91 Å². The van der Waals surface area contributed by atoms with Crippen LogP contribution in [0.1, 0.15) is 16.8 Å². The Bertz CT molecular complexity index is 1240. The van der Waals surface area contributed by atoms with E-state index in [0.717, 1.165) is 21.3 Å². The van der Waals surface area contributed by atoms with Crippen LogP contribution in [0.25, 0.3) is 21.3 Å². The SMILES string of the molecule is COCCN(CCC(=O)Nc1nnc(-c2ccccc2)s1)C(=O)c1cccc2ccccc12. The van der Waals surface area contributed by atoms with Crippen LogP contribution >= 0.6 is 11.3 Å². The second kappa shape index (κ2) is 10.8. The van der Waals surface area contributed by atoms with Crippen molar-refractivity contribution in [3.63, 3.8) is 0 Å². The molecule has 0 saturated carbocycles. The number of hydrogen-bond donors (Lipinski definition) is 1. The minimum absolute atomic E-state index is 0.126. The quantitative estimate of drug-likeness (QED) is 0.398. The molecule has 7 nitrogen and oxygen atoms in total. The van der Waals surface area contributed by atoms with Gasteiger partial charge in [-0.1, -0.05) is 78.1 Å². The summed E-state index contributed by atoms with van der Waals surface area (Å²) in [7, 11) is 1.59. The Balaban J connectivity index is 1.42. The first-order chi connectivity index (χ1) is 16.2. The van der Waals surface area contributed by atoms with Crippen molar-refractivity contribution in [3.8, 4) is 10.6 Å². The third-order valence-electron chi connectivity index (χ3n) is 5.17. The van der Waals surface area contributed by atoms with Crippen molar-refractivity contribution in [2.45, 2.75) is 6.42 Å². The second-order valence-corrected chi connectivity index (χ2v) is 8.37. The van der Waals surface area contributed by atoms with Crippen molar-refractivity contribution in [2.75, 3.05) is 32.1 Å². The van der Waals surface area contributed by atoms with E-state index in [1.807, 2.05) is 72.8 Å². The summed E-state index contributed by atoms with van der Waals surface area (Å²) in [5, 5.41) is 14.1. The highest BCUT2D eigenvalue weighted by Gasteiger charge is 2.19. The zero-order valence-corrected chi connectivity index (χ0v) is 19.0. The molecule has 168 valence electrons. The number of amides is 2. The maximum absolute atomic E-state index is 13.3. The Morgan fingerprint density at radius 1 is 0.939 bits per heavy atom. The van der Waals surface area contributed by atoms with E-state index in [1.54, 1.807) is 12.0 Å². The molecule has 0 saturated heterocycles. The number of benzene rings is 3. The summed E-state index contributed by atoms with van der Waals surface area (Å²) in [6.45, 7) is 1.04. The average Bonchev–Trinajstić information content (AvgIpc) is 3.32. The van der Waals surface area contributed by atoms with Crippen LogP contribution in [-0.2, 0) is 9.53 Å². The van der Waals surface area contributed by atoms with E-state index >= 15 is 0 Å². The fourth-order valence-electron chi connectivity index (χ4n) is 3.49. The maximum Gasteiger partial charge on any atom is 0.254 e. The van der Waals surface area contributed by atoms with E-state index in [1.165, 1.54) is 11.3 Å². The van der Waals surface area contributed by atoms with Gasteiger partial charge >= 0.3 is 0 Å². The van der Waals surface area contributed by atoms with Gasteiger partial charge in [0.05, 0.1) is 6.61 Å². The highest BCUT2D eigenvalue weighted by atomic mass is 32.1. The molecule has 0 unspecified atom stereocenters. The summed E-state index contributed by atoms with van der Waals surface area (Å²) in [6, 6.07) is 23.1. The van der Waals surface area contributed by atoms with Crippen molar-refractivity contribution >= 4 is 39.1 Å². The summed E-state index contributed by atoms with van der Waals surface area (Å²) in [4.78, 5) is 27.5. The van der Waals surface area contributed by atoms with Crippen LogP contribution < -0.4 is 5.32 Å². The van der Waals surface area contributed by atoms with Gasteiger partial charge in [-0.3, -0.25) is 9.59 Å². The van der Waals surface area contributed by atoms with Crippen molar-refractivity contribution < 1.29 is 14.3 Å². The molecule has 2 amide bonds. The molecule has 0 aliphatic carbocycles. The van der Waals surface area contributed by atoms with Crippen molar-refractivity contribution in [2.24, 2.45) is 0 Å². The molecule has 1 aromatic heterocycles. The number of carbonyl (C=O) groups is 2. The molecule has 8 heteroatoms. The van der Waals surface area contributed by atoms with Gasteiger partial charge in [-0.05, 0) is 16.8 Å². The van der Waals surface area contributed by atoms with Crippen LogP contribution in [0.15, 0.2) is 72.8 Å². The number of rotatable bonds is 9. The van der Waals surface area contributed by atoms with Gasteiger partial charge in [0.1, 0.15) is 5.01 Å². The highest BCUT2D eigenvalue weighted by molar-refractivity contribution is 7.18. The van der Waals surface area contributed by atoms with Gasteiger partial charge < -0.3 is 15.0 Å². The number of nitrogens with zero attached hydrogens (tertiary/aromatic N) is 3. The van der Waals surface area contributed by atoms with Gasteiger partial charge in [-0.15, -0.1) is 10.2 Å². The predicted molar refractivity (Wildman–Crippen MR) is 130 cm³/mol. The first-order valence-corrected chi connectivity index (χ1v) is 11.4. The third-order valence-corrected chi connectivity index (χ3v) is 6.06. The van der Waals surface area contributed by atoms with Crippen LogP contribution in [0.3, 0.4) is 0 Å². The minimum Gasteiger partial charge on any atom is -0.383 e. The topological polar surface area (TPSA) is 84.4 Å². The van der Waals surface area contributed by atoms with E-state index in [-0.39, 0.29) is 24.8 Å². The average molecular weight is 461 g/mol. The Morgan fingerprint density at radius 2 is 1.70 bits per heavy atom. The van der Waals surface area contributed by atoms with Gasteiger partial charge in [-0.25, -0.2) is 0 Å². The van der Waals surface area contributed by atoms with Crippen molar-refractivity contribution in [3.05, 3.63) is 78.4 Å². The summed E-state index contributed by atoms with van der Waals surface area (Å²) in [6.07, 6.45) is 0.139. The Morgan fingerprint density at radius 3 is 2.52 bits per heavy atom. The molecule has 1 N–H and O–H groups in total. The number of hydrogen-bond acceptors (Lipinski definition) is 6. The maximum atomic E-state index is 13.3. The summed E-state index contributed by atoms with van der Waals surface area (Å²) >= 11 is 1.31. The largest absolute Gasteiger partial charge is 0.383 e. The van der Waals surface area contributed by atoms with E-state index < -0.39 is 0 Å². The molecule has 0 aliphatic rings. The van der Waals surface area contributed by atoms with Gasteiger partial charge in [0.2, 0.25) is 11.0 Å². The van der Waals surface area contributed by atoms with E-state index in [9.17, 15) is 9.59 Å². The third kappa shape index (κ3) is 5.60. The number of methoxy groups -OCH3 is 1. The van der Waals surface area contributed by atoms with Crippen LogP contribution in [0.4, 0.5) is 5.13 Å².